The van der Waals surface area contributed by atoms with Crippen molar-refractivity contribution in [1.82, 2.24) is 5.43 Å². The highest BCUT2D eigenvalue weighted by atomic mass is 16.6. The number of non-ortho nitro benzene ring substituents is 1. The van der Waals surface area contributed by atoms with Gasteiger partial charge in [0.05, 0.1) is 28.0 Å². The van der Waals surface area contributed by atoms with Crippen molar-refractivity contribution < 1.29 is 19.1 Å². The number of hydrazone groups is 1. The summed E-state index contributed by atoms with van der Waals surface area (Å²) in [5.41, 5.74) is 3.91. The molecule has 30 heavy (non-hydrogen) atoms. The molecule has 0 saturated heterocycles. The summed E-state index contributed by atoms with van der Waals surface area (Å²) in [5.74, 6) is 0.192. The summed E-state index contributed by atoms with van der Waals surface area (Å²) >= 11 is 0. The largest absolute Gasteiger partial charge is 0.455 e. The summed E-state index contributed by atoms with van der Waals surface area (Å²) in [6.45, 7) is 1.76. The van der Waals surface area contributed by atoms with Gasteiger partial charge in [-0.1, -0.05) is 18.2 Å². The molecule has 0 aliphatic carbocycles. The minimum absolute atomic E-state index is 0.00565. The number of nitrogens with one attached hydrogen (secondary N) is 1. The first-order chi connectivity index (χ1) is 14.3. The summed E-state index contributed by atoms with van der Waals surface area (Å²) in [7, 11) is 0. The molecular weight excluding hydrogens is 392 g/mol. The number of nitro benzene ring substituents is 2. The van der Waals surface area contributed by atoms with E-state index in [2.05, 4.69) is 10.5 Å². The lowest BCUT2D eigenvalue weighted by Crippen LogP contribution is -2.19. The molecule has 0 aliphatic heterocycles. The maximum absolute atomic E-state index is 11.9. The first-order valence-corrected chi connectivity index (χ1v) is 8.74. The van der Waals surface area contributed by atoms with E-state index in [0.717, 1.165) is 5.56 Å². The number of hydrogen-bond acceptors (Lipinski definition) is 7. The molecule has 0 atom stereocenters. The summed E-state index contributed by atoms with van der Waals surface area (Å²) < 4.78 is 5.57. The van der Waals surface area contributed by atoms with Crippen molar-refractivity contribution >= 4 is 23.5 Å². The van der Waals surface area contributed by atoms with Crippen LogP contribution in [0.3, 0.4) is 0 Å². The third-order valence-electron chi connectivity index (χ3n) is 4.14. The Morgan fingerprint density at radius 1 is 1.07 bits per heavy atom. The normalized spacial score (nSPS) is 10.8. The Morgan fingerprint density at radius 3 is 2.47 bits per heavy atom. The van der Waals surface area contributed by atoms with Gasteiger partial charge in [0.15, 0.2) is 0 Å². The Bertz CT molecular complexity index is 1130. The van der Waals surface area contributed by atoms with Gasteiger partial charge in [0.2, 0.25) is 5.91 Å². The van der Waals surface area contributed by atoms with Crippen molar-refractivity contribution in [2.24, 2.45) is 5.10 Å². The van der Waals surface area contributed by atoms with E-state index < -0.39 is 15.8 Å². The lowest BCUT2D eigenvalue weighted by Gasteiger charge is -2.01. The van der Waals surface area contributed by atoms with Crippen LogP contribution < -0.4 is 5.43 Å². The van der Waals surface area contributed by atoms with Gasteiger partial charge >= 0.3 is 0 Å². The van der Waals surface area contributed by atoms with E-state index in [9.17, 15) is 25.0 Å². The maximum atomic E-state index is 11.9. The van der Waals surface area contributed by atoms with E-state index in [4.69, 9.17) is 4.42 Å². The fourth-order valence-electron chi connectivity index (χ4n) is 2.70. The number of nitrogens with zero attached hydrogens (tertiary/aromatic N) is 3. The Balaban J connectivity index is 1.63. The minimum Gasteiger partial charge on any atom is -0.455 e. The van der Waals surface area contributed by atoms with Gasteiger partial charge in [-0.05, 0) is 36.2 Å². The van der Waals surface area contributed by atoms with Crippen LogP contribution >= 0.6 is 0 Å². The van der Waals surface area contributed by atoms with Gasteiger partial charge in [-0.2, -0.15) is 5.10 Å². The Labute approximate surface area is 170 Å². The SMILES string of the molecule is Cc1ccc(-c2ccc(/C=N\NC(=O)Cc3ccc([N+](=O)[O-])cc3)o2)c([N+](=O)[O-])c1. The van der Waals surface area contributed by atoms with Gasteiger partial charge in [-0.25, -0.2) is 5.43 Å². The lowest BCUT2D eigenvalue weighted by atomic mass is 10.1. The molecule has 0 fully saturated rings. The van der Waals surface area contributed by atoms with Crippen LogP contribution in [0.4, 0.5) is 11.4 Å². The Kier molecular flexibility index (Phi) is 5.97. The number of hydrogen-bond donors (Lipinski definition) is 1. The van der Waals surface area contributed by atoms with Crippen molar-refractivity contribution in [3.05, 3.63) is 91.7 Å². The average molecular weight is 408 g/mol. The van der Waals surface area contributed by atoms with E-state index in [-0.39, 0.29) is 17.8 Å². The van der Waals surface area contributed by atoms with Crippen LogP contribution in [0.1, 0.15) is 16.9 Å². The first kappa shape index (κ1) is 20.4. The topological polar surface area (TPSA) is 141 Å². The smallest absolute Gasteiger partial charge is 0.280 e. The molecule has 3 rings (SSSR count). The molecule has 0 bridgehead atoms. The second-order valence-corrected chi connectivity index (χ2v) is 6.37. The fourth-order valence-corrected chi connectivity index (χ4v) is 2.70. The van der Waals surface area contributed by atoms with Gasteiger partial charge < -0.3 is 4.42 Å². The van der Waals surface area contributed by atoms with E-state index in [0.29, 0.717) is 22.6 Å². The summed E-state index contributed by atoms with van der Waals surface area (Å²) in [6, 6.07) is 13.6. The van der Waals surface area contributed by atoms with Crippen molar-refractivity contribution in [2.75, 3.05) is 0 Å². The molecule has 0 saturated carbocycles. The molecule has 1 N–H and O–H groups in total. The summed E-state index contributed by atoms with van der Waals surface area (Å²) in [6.07, 6.45) is 1.27. The number of amides is 1. The highest BCUT2D eigenvalue weighted by Crippen LogP contribution is 2.31. The molecule has 1 aromatic heterocycles. The van der Waals surface area contributed by atoms with Crippen molar-refractivity contribution in [2.45, 2.75) is 13.3 Å². The third-order valence-corrected chi connectivity index (χ3v) is 4.14. The Hall–Kier alpha value is -4.34. The average Bonchev–Trinajstić information content (AvgIpc) is 3.17. The Morgan fingerprint density at radius 2 is 1.80 bits per heavy atom. The van der Waals surface area contributed by atoms with Crippen LogP contribution in [-0.4, -0.2) is 22.0 Å². The number of rotatable bonds is 7. The second kappa shape index (κ2) is 8.78. The molecule has 10 nitrogen and oxygen atoms in total. The van der Waals surface area contributed by atoms with Crippen molar-refractivity contribution in [3.8, 4) is 11.3 Å². The number of carbonyl (C=O) groups excluding carboxylic acids is 1. The van der Waals surface area contributed by atoms with Crippen LogP contribution in [0.5, 0.6) is 0 Å². The summed E-state index contributed by atoms with van der Waals surface area (Å²) in [5, 5.41) is 25.7. The first-order valence-electron chi connectivity index (χ1n) is 8.74. The number of benzene rings is 2. The monoisotopic (exact) mass is 408 g/mol. The molecule has 152 valence electrons. The zero-order valence-electron chi connectivity index (χ0n) is 15.8. The second-order valence-electron chi connectivity index (χ2n) is 6.37. The van der Waals surface area contributed by atoms with E-state index >= 15 is 0 Å². The quantitative estimate of drug-likeness (QED) is 0.358. The fraction of sp³-hybridized carbons (Fsp3) is 0.100. The van der Waals surface area contributed by atoms with Crippen LogP contribution in [0.15, 0.2) is 64.1 Å². The van der Waals surface area contributed by atoms with Crippen LogP contribution in [0.25, 0.3) is 11.3 Å². The zero-order valence-corrected chi connectivity index (χ0v) is 15.8. The predicted octanol–water partition coefficient (Wildman–Crippen LogP) is 3.76. The third kappa shape index (κ3) is 4.93. The maximum Gasteiger partial charge on any atom is 0.280 e. The van der Waals surface area contributed by atoms with Crippen LogP contribution in [0.2, 0.25) is 0 Å². The highest BCUT2D eigenvalue weighted by Gasteiger charge is 2.18. The van der Waals surface area contributed by atoms with Gasteiger partial charge in [-0.3, -0.25) is 25.0 Å². The molecule has 0 spiro atoms. The van der Waals surface area contributed by atoms with Gasteiger partial charge in [0, 0.05) is 18.2 Å². The molecular formula is C20H16N4O6. The van der Waals surface area contributed by atoms with Crippen molar-refractivity contribution in [1.29, 1.82) is 0 Å². The van der Waals surface area contributed by atoms with Crippen LogP contribution in [-0.2, 0) is 11.2 Å². The number of nitro groups is 2. The lowest BCUT2D eigenvalue weighted by molar-refractivity contribution is -0.384. The molecule has 2 aromatic carbocycles. The standard InChI is InChI=1S/C20H16N4O6/c1-13-2-8-17(18(10-13)24(28)29)19-9-7-16(30-19)12-21-22-20(25)11-14-3-5-15(6-4-14)23(26)27/h2-10,12H,11H2,1H3,(H,22,25)/b21-12-. The number of aryl methyl sites for hydroxylation is 1. The molecule has 0 aliphatic rings. The van der Waals surface area contributed by atoms with E-state index in [1.165, 1.54) is 36.5 Å². The highest BCUT2D eigenvalue weighted by molar-refractivity contribution is 5.82. The molecule has 1 heterocycles. The van der Waals surface area contributed by atoms with Crippen LogP contribution in [0, 0.1) is 27.2 Å². The number of carbonyl (C=O) groups is 1. The predicted molar refractivity (Wildman–Crippen MR) is 108 cm³/mol. The molecule has 0 radical (unpaired) electrons. The van der Waals surface area contributed by atoms with Gasteiger partial charge in [0.1, 0.15) is 11.5 Å². The molecule has 10 heteroatoms. The minimum atomic E-state index is -0.517. The van der Waals surface area contributed by atoms with Gasteiger partial charge in [0.25, 0.3) is 11.4 Å². The number of furan rings is 1. The molecule has 1 amide bonds. The molecule has 0 unspecified atom stereocenters. The molecule has 3 aromatic rings. The summed E-state index contributed by atoms with van der Waals surface area (Å²) in [4.78, 5) is 32.8. The van der Waals surface area contributed by atoms with Crippen molar-refractivity contribution in [3.63, 3.8) is 0 Å². The van der Waals surface area contributed by atoms with E-state index in [1.54, 1.807) is 31.2 Å². The van der Waals surface area contributed by atoms with E-state index in [1.807, 2.05) is 0 Å². The van der Waals surface area contributed by atoms with Gasteiger partial charge in [-0.15, -0.1) is 0 Å². The zero-order chi connectivity index (χ0) is 21.7.